The largest absolute Gasteiger partial charge is 0.362 e. The molecule has 0 aliphatic heterocycles. The molecule has 0 saturated heterocycles. The Labute approximate surface area is 86.5 Å². The number of hydrogen-bond donors (Lipinski definition) is 2. The lowest BCUT2D eigenvalue weighted by molar-refractivity contribution is 0.602. The zero-order valence-corrected chi connectivity index (χ0v) is 9.02. The third-order valence-corrected chi connectivity index (χ3v) is 1.91. The van der Waals surface area contributed by atoms with Crippen LogP contribution < -0.4 is 22.3 Å². The van der Waals surface area contributed by atoms with Gasteiger partial charge in [-0.05, 0) is 6.92 Å². The highest BCUT2D eigenvalue weighted by Gasteiger charge is 2.07. The van der Waals surface area contributed by atoms with Crippen LogP contribution in [0.2, 0.25) is 0 Å². The molecule has 0 aliphatic carbocycles. The number of rotatable bonds is 3. The fourth-order valence-electron chi connectivity index (χ4n) is 1.07. The van der Waals surface area contributed by atoms with Crippen molar-refractivity contribution >= 4 is 5.82 Å². The fourth-order valence-corrected chi connectivity index (χ4v) is 1.07. The molecular formula is C8H15N5O2. The Morgan fingerprint density at radius 1 is 1.47 bits per heavy atom. The van der Waals surface area contributed by atoms with Gasteiger partial charge in [-0.2, -0.15) is 0 Å². The van der Waals surface area contributed by atoms with E-state index in [4.69, 9.17) is 5.73 Å². The molecule has 1 aromatic rings. The minimum Gasteiger partial charge on any atom is -0.362 e. The summed E-state index contributed by atoms with van der Waals surface area (Å²) in [6, 6.07) is -0.0891. The van der Waals surface area contributed by atoms with Gasteiger partial charge in [-0.15, -0.1) is 5.10 Å². The van der Waals surface area contributed by atoms with Crippen LogP contribution in [0.5, 0.6) is 0 Å². The molecule has 0 amide bonds. The van der Waals surface area contributed by atoms with Gasteiger partial charge in [-0.1, -0.05) is 0 Å². The molecule has 7 nitrogen and oxygen atoms in total. The molecule has 1 rings (SSSR count). The third kappa shape index (κ3) is 2.44. The lowest BCUT2D eigenvalue weighted by Crippen LogP contribution is -2.41. The van der Waals surface area contributed by atoms with Crippen LogP contribution in [0.15, 0.2) is 9.59 Å². The molecule has 15 heavy (non-hydrogen) atoms. The van der Waals surface area contributed by atoms with E-state index in [0.717, 1.165) is 9.25 Å². The van der Waals surface area contributed by atoms with E-state index < -0.39 is 11.2 Å². The van der Waals surface area contributed by atoms with E-state index in [2.05, 4.69) is 10.4 Å². The van der Waals surface area contributed by atoms with Crippen molar-refractivity contribution in [2.45, 2.75) is 13.0 Å². The van der Waals surface area contributed by atoms with Crippen LogP contribution in [0.3, 0.4) is 0 Å². The summed E-state index contributed by atoms with van der Waals surface area (Å²) in [7, 11) is 2.89. The first-order valence-electron chi connectivity index (χ1n) is 4.57. The molecule has 1 atom stereocenters. The number of aryl methyl sites for hydroxylation is 1. The molecule has 1 aromatic heterocycles. The Hall–Kier alpha value is -1.63. The van der Waals surface area contributed by atoms with Gasteiger partial charge in [0.05, 0.1) is 0 Å². The van der Waals surface area contributed by atoms with Gasteiger partial charge in [0.2, 0.25) is 5.82 Å². The molecule has 0 aromatic carbocycles. The van der Waals surface area contributed by atoms with Crippen LogP contribution in [-0.4, -0.2) is 26.9 Å². The zero-order valence-electron chi connectivity index (χ0n) is 9.02. The smallest absolute Gasteiger partial charge is 0.346 e. The Balaban J connectivity index is 3.10. The van der Waals surface area contributed by atoms with E-state index in [1.165, 1.54) is 14.1 Å². The number of nitrogens with one attached hydrogen (secondary N) is 1. The van der Waals surface area contributed by atoms with E-state index in [1.54, 1.807) is 6.92 Å². The highest BCUT2D eigenvalue weighted by molar-refractivity contribution is 5.29. The summed E-state index contributed by atoms with van der Waals surface area (Å²) < 4.78 is 2.10. The number of nitrogens with two attached hydrogens (primary N) is 1. The van der Waals surface area contributed by atoms with Crippen LogP contribution in [0, 0.1) is 0 Å². The van der Waals surface area contributed by atoms with Crippen LogP contribution >= 0.6 is 0 Å². The minimum atomic E-state index is -0.452. The predicted octanol–water partition coefficient (Wildman–Crippen LogP) is -1.76. The molecule has 0 spiro atoms. The maximum absolute atomic E-state index is 11.5. The first kappa shape index (κ1) is 11.4. The molecule has 7 heteroatoms. The van der Waals surface area contributed by atoms with Gasteiger partial charge in [0.1, 0.15) is 0 Å². The van der Waals surface area contributed by atoms with Gasteiger partial charge in [0, 0.05) is 26.7 Å². The van der Waals surface area contributed by atoms with E-state index >= 15 is 0 Å². The fraction of sp³-hybridized carbons (Fsp3) is 0.625. The van der Waals surface area contributed by atoms with E-state index in [0.29, 0.717) is 6.54 Å². The summed E-state index contributed by atoms with van der Waals surface area (Å²) in [5, 5.41) is 6.60. The summed E-state index contributed by atoms with van der Waals surface area (Å²) in [6.45, 7) is 2.24. The quantitative estimate of drug-likeness (QED) is 0.620. The zero-order chi connectivity index (χ0) is 11.6. The number of hydrogen-bond acceptors (Lipinski definition) is 5. The first-order chi connectivity index (χ1) is 6.93. The predicted molar refractivity (Wildman–Crippen MR) is 56.9 cm³/mol. The van der Waals surface area contributed by atoms with Gasteiger partial charge in [-0.3, -0.25) is 9.36 Å². The number of anilines is 1. The molecule has 0 fully saturated rings. The minimum absolute atomic E-state index is 0.0891. The molecule has 84 valence electrons. The second-order valence-corrected chi connectivity index (χ2v) is 3.48. The molecule has 0 bridgehead atoms. The van der Waals surface area contributed by atoms with Gasteiger partial charge in [0.25, 0.3) is 5.56 Å². The molecular weight excluding hydrogens is 198 g/mol. The van der Waals surface area contributed by atoms with Crippen LogP contribution in [0.1, 0.15) is 6.92 Å². The summed E-state index contributed by atoms with van der Waals surface area (Å²) in [4.78, 5) is 22.8. The second kappa shape index (κ2) is 4.26. The highest BCUT2D eigenvalue weighted by Crippen LogP contribution is 1.88. The summed E-state index contributed by atoms with van der Waals surface area (Å²) in [6.07, 6.45) is 0. The number of aromatic nitrogens is 3. The third-order valence-electron chi connectivity index (χ3n) is 1.91. The Bertz CT molecular complexity index is 459. The van der Waals surface area contributed by atoms with Crippen molar-refractivity contribution in [3.8, 4) is 0 Å². The first-order valence-corrected chi connectivity index (χ1v) is 4.57. The second-order valence-electron chi connectivity index (χ2n) is 3.48. The van der Waals surface area contributed by atoms with Crippen LogP contribution in [0.25, 0.3) is 0 Å². The Morgan fingerprint density at radius 3 is 2.60 bits per heavy atom. The molecule has 1 unspecified atom stereocenters. The maximum atomic E-state index is 11.5. The number of nitrogens with zero attached hydrogens (tertiary/aromatic N) is 3. The van der Waals surface area contributed by atoms with Gasteiger partial charge in [-0.25, -0.2) is 9.48 Å². The highest BCUT2D eigenvalue weighted by atomic mass is 16.2. The average Bonchev–Trinajstić information content (AvgIpc) is 2.18. The van der Waals surface area contributed by atoms with Gasteiger partial charge >= 0.3 is 5.69 Å². The average molecular weight is 213 g/mol. The summed E-state index contributed by atoms with van der Waals surface area (Å²) in [5.41, 5.74) is 4.63. The molecule has 0 saturated carbocycles. The van der Waals surface area contributed by atoms with Gasteiger partial charge in [0.15, 0.2) is 0 Å². The maximum Gasteiger partial charge on any atom is 0.346 e. The van der Waals surface area contributed by atoms with Crippen molar-refractivity contribution in [3.63, 3.8) is 0 Å². The van der Waals surface area contributed by atoms with Crippen LogP contribution in [0.4, 0.5) is 5.82 Å². The lowest BCUT2D eigenvalue weighted by Gasteiger charge is -2.09. The SMILES string of the molecule is CC(N)CNc1nn(C)c(=O)n(C)c1=O. The topological polar surface area (TPSA) is 94.9 Å². The lowest BCUT2D eigenvalue weighted by atomic mass is 10.4. The Morgan fingerprint density at radius 2 is 2.07 bits per heavy atom. The molecule has 0 radical (unpaired) electrons. The van der Waals surface area contributed by atoms with Gasteiger partial charge < -0.3 is 11.1 Å². The molecule has 3 N–H and O–H groups in total. The van der Waals surface area contributed by atoms with Crippen molar-refractivity contribution in [2.24, 2.45) is 19.8 Å². The Kier molecular flexibility index (Phi) is 3.25. The summed E-state index contributed by atoms with van der Waals surface area (Å²) in [5.74, 6) is 0.136. The molecule has 1 heterocycles. The van der Waals surface area contributed by atoms with E-state index in [-0.39, 0.29) is 11.9 Å². The standard InChI is InChI=1S/C8H15N5O2/c1-5(9)4-10-6-7(14)12(2)8(15)13(3)11-6/h5H,4,9H2,1-3H3,(H,10,11). The van der Waals surface area contributed by atoms with Crippen molar-refractivity contribution in [3.05, 3.63) is 20.8 Å². The monoisotopic (exact) mass is 213 g/mol. The van der Waals surface area contributed by atoms with Crippen molar-refractivity contribution in [1.82, 2.24) is 14.3 Å². The van der Waals surface area contributed by atoms with Crippen LogP contribution in [-0.2, 0) is 14.1 Å². The summed E-state index contributed by atoms with van der Waals surface area (Å²) >= 11 is 0. The van der Waals surface area contributed by atoms with E-state index in [1.807, 2.05) is 0 Å². The van der Waals surface area contributed by atoms with Crippen molar-refractivity contribution < 1.29 is 0 Å². The van der Waals surface area contributed by atoms with Crippen molar-refractivity contribution in [2.75, 3.05) is 11.9 Å². The van der Waals surface area contributed by atoms with E-state index in [9.17, 15) is 9.59 Å². The normalized spacial score (nSPS) is 12.5. The molecule has 0 aliphatic rings. The van der Waals surface area contributed by atoms with Crippen molar-refractivity contribution in [1.29, 1.82) is 0 Å².